The van der Waals surface area contributed by atoms with Crippen LogP contribution in [0, 0.1) is 6.92 Å². The molecule has 2 saturated carbocycles. The van der Waals surface area contributed by atoms with Crippen molar-refractivity contribution < 1.29 is 0 Å². The van der Waals surface area contributed by atoms with E-state index < -0.39 is 0 Å². The average Bonchev–Trinajstić information content (AvgIpc) is 3.27. The van der Waals surface area contributed by atoms with Crippen LogP contribution in [0.2, 0.25) is 0 Å². The lowest BCUT2D eigenvalue weighted by Crippen LogP contribution is -2.13. The predicted octanol–water partition coefficient (Wildman–Crippen LogP) is 4.42. The van der Waals surface area contributed by atoms with E-state index in [4.69, 9.17) is 0 Å². The monoisotopic (exact) mass is 296 g/mol. The molecule has 0 bridgehead atoms. The van der Waals surface area contributed by atoms with Crippen LogP contribution in [0.4, 0.5) is 0 Å². The second-order valence-electron chi connectivity index (χ2n) is 6.81. The Morgan fingerprint density at radius 3 is 2.45 bits per heavy atom. The molecule has 4 nitrogen and oxygen atoms in total. The van der Waals surface area contributed by atoms with E-state index in [9.17, 15) is 0 Å². The highest BCUT2D eigenvalue weighted by Crippen LogP contribution is 2.40. The number of aryl methyl sites for hydroxylation is 1. The number of rotatable bonds is 3. The van der Waals surface area contributed by atoms with Gasteiger partial charge < -0.3 is 4.57 Å². The standard InChI is InChI=1S/C18H24N4/c1-13-16(11-6-12-19-13)18-21-20-17(14-7-2-3-8-14)22(18)15-9-4-5-10-15/h6,11-12,14-15H,2-5,7-10H2,1H3. The van der Waals surface area contributed by atoms with Crippen LogP contribution in [0.5, 0.6) is 0 Å². The molecule has 0 spiro atoms. The highest BCUT2D eigenvalue weighted by atomic mass is 15.3. The third-order valence-electron chi connectivity index (χ3n) is 5.38. The van der Waals surface area contributed by atoms with Crippen LogP contribution in [0.1, 0.15) is 74.8 Å². The molecule has 0 unspecified atom stereocenters. The van der Waals surface area contributed by atoms with Crippen molar-refractivity contribution in [3.63, 3.8) is 0 Å². The Bertz CT molecular complexity index is 649. The number of aromatic nitrogens is 4. The fraction of sp³-hybridized carbons (Fsp3) is 0.611. The van der Waals surface area contributed by atoms with Crippen LogP contribution in [-0.4, -0.2) is 19.7 Å². The largest absolute Gasteiger partial charge is 0.308 e. The van der Waals surface area contributed by atoms with Crippen molar-refractivity contribution in [2.24, 2.45) is 0 Å². The van der Waals surface area contributed by atoms with E-state index in [-0.39, 0.29) is 0 Å². The molecule has 116 valence electrons. The zero-order chi connectivity index (χ0) is 14.9. The van der Waals surface area contributed by atoms with E-state index >= 15 is 0 Å². The SMILES string of the molecule is Cc1ncccc1-c1nnc(C2CCCC2)n1C1CCCC1. The number of hydrogen-bond donors (Lipinski definition) is 0. The Morgan fingerprint density at radius 2 is 1.73 bits per heavy atom. The second-order valence-corrected chi connectivity index (χ2v) is 6.81. The van der Waals surface area contributed by atoms with Crippen molar-refractivity contribution in [1.82, 2.24) is 19.7 Å². The van der Waals surface area contributed by atoms with Gasteiger partial charge in [-0.2, -0.15) is 0 Å². The first kappa shape index (κ1) is 13.9. The molecular formula is C18H24N4. The summed E-state index contributed by atoms with van der Waals surface area (Å²) in [7, 11) is 0. The number of hydrogen-bond acceptors (Lipinski definition) is 3. The molecule has 0 N–H and O–H groups in total. The van der Waals surface area contributed by atoms with Gasteiger partial charge in [0.05, 0.1) is 0 Å². The summed E-state index contributed by atoms with van der Waals surface area (Å²) < 4.78 is 2.48. The molecule has 2 heterocycles. The van der Waals surface area contributed by atoms with Gasteiger partial charge in [0.25, 0.3) is 0 Å². The molecule has 2 aliphatic rings. The Morgan fingerprint density at radius 1 is 1.00 bits per heavy atom. The summed E-state index contributed by atoms with van der Waals surface area (Å²) in [6.45, 7) is 2.07. The molecule has 0 aromatic carbocycles. The lowest BCUT2D eigenvalue weighted by molar-refractivity contribution is 0.479. The molecular weight excluding hydrogens is 272 g/mol. The highest BCUT2D eigenvalue weighted by molar-refractivity contribution is 5.58. The summed E-state index contributed by atoms with van der Waals surface area (Å²) in [5.74, 6) is 2.89. The summed E-state index contributed by atoms with van der Waals surface area (Å²) >= 11 is 0. The lowest BCUT2D eigenvalue weighted by Gasteiger charge is -2.20. The molecule has 0 saturated heterocycles. The first-order valence-electron chi connectivity index (χ1n) is 8.71. The van der Waals surface area contributed by atoms with Gasteiger partial charge in [-0.3, -0.25) is 4.98 Å². The van der Waals surface area contributed by atoms with Crippen LogP contribution in [0.15, 0.2) is 18.3 Å². The van der Waals surface area contributed by atoms with Crippen LogP contribution in [0.3, 0.4) is 0 Å². The molecule has 2 aliphatic carbocycles. The Balaban J connectivity index is 1.82. The van der Waals surface area contributed by atoms with Crippen molar-refractivity contribution in [3.8, 4) is 11.4 Å². The summed E-state index contributed by atoms with van der Waals surface area (Å²) in [6.07, 6.45) is 12.3. The van der Waals surface area contributed by atoms with Crippen LogP contribution < -0.4 is 0 Å². The summed E-state index contributed by atoms with van der Waals surface area (Å²) in [4.78, 5) is 4.45. The maximum absolute atomic E-state index is 4.65. The first-order chi connectivity index (χ1) is 10.8. The van der Waals surface area contributed by atoms with Gasteiger partial charge in [-0.1, -0.05) is 25.7 Å². The third kappa shape index (κ3) is 2.34. The minimum absolute atomic E-state index is 0.584. The van der Waals surface area contributed by atoms with E-state index in [1.165, 1.54) is 57.2 Å². The quantitative estimate of drug-likeness (QED) is 0.842. The zero-order valence-electron chi connectivity index (χ0n) is 13.3. The molecule has 2 aromatic rings. The van der Waals surface area contributed by atoms with Crippen molar-refractivity contribution in [1.29, 1.82) is 0 Å². The molecule has 0 atom stereocenters. The lowest BCUT2D eigenvalue weighted by atomic mass is 10.1. The smallest absolute Gasteiger partial charge is 0.166 e. The number of nitrogens with zero attached hydrogens (tertiary/aromatic N) is 4. The van der Waals surface area contributed by atoms with E-state index in [2.05, 4.69) is 32.7 Å². The molecule has 0 aliphatic heterocycles. The van der Waals surface area contributed by atoms with E-state index in [0.29, 0.717) is 12.0 Å². The minimum Gasteiger partial charge on any atom is -0.308 e. The normalized spacial score (nSPS) is 20.0. The molecule has 4 heteroatoms. The zero-order valence-corrected chi connectivity index (χ0v) is 13.3. The van der Waals surface area contributed by atoms with Gasteiger partial charge in [0.15, 0.2) is 5.82 Å². The van der Waals surface area contributed by atoms with Crippen LogP contribution in [0.25, 0.3) is 11.4 Å². The Kier molecular flexibility index (Phi) is 3.68. The Labute approximate surface area is 132 Å². The van der Waals surface area contributed by atoms with Crippen LogP contribution in [-0.2, 0) is 0 Å². The molecule has 0 amide bonds. The highest BCUT2D eigenvalue weighted by Gasteiger charge is 2.30. The van der Waals surface area contributed by atoms with Crippen LogP contribution >= 0.6 is 0 Å². The van der Waals surface area contributed by atoms with Gasteiger partial charge in [0.1, 0.15) is 5.82 Å². The van der Waals surface area contributed by atoms with Crippen molar-refractivity contribution in [2.45, 2.75) is 70.3 Å². The van der Waals surface area contributed by atoms with Gasteiger partial charge in [0.2, 0.25) is 0 Å². The maximum atomic E-state index is 4.65. The molecule has 2 fully saturated rings. The van der Waals surface area contributed by atoms with Gasteiger partial charge in [-0.15, -0.1) is 10.2 Å². The molecule has 22 heavy (non-hydrogen) atoms. The van der Waals surface area contributed by atoms with Gasteiger partial charge in [-0.25, -0.2) is 0 Å². The maximum Gasteiger partial charge on any atom is 0.166 e. The fourth-order valence-corrected chi connectivity index (χ4v) is 4.19. The van der Waals surface area contributed by atoms with E-state index in [1.54, 1.807) is 0 Å². The van der Waals surface area contributed by atoms with Gasteiger partial charge >= 0.3 is 0 Å². The second kappa shape index (κ2) is 5.82. The van der Waals surface area contributed by atoms with Gasteiger partial charge in [0, 0.05) is 29.4 Å². The molecule has 4 rings (SSSR count). The topological polar surface area (TPSA) is 43.6 Å². The predicted molar refractivity (Wildman–Crippen MR) is 86.7 cm³/mol. The number of pyridine rings is 1. The summed E-state index contributed by atoms with van der Waals surface area (Å²) in [5, 5.41) is 9.25. The third-order valence-corrected chi connectivity index (χ3v) is 5.38. The van der Waals surface area contributed by atoms with E-state index in [1.807, 2.05) is 12.3 Å². The summed E-state index contributed by atoms with van der Waals surface area (Å²) in [6, 6.07) is 4.72. The van der Waals surface area contributed by atoms with E-state index in [0.717, 1.165) is 17.1 Å². The van der Waals surface area contributed by atoms with Crippen molar-refractivity contribution in [2.75, 3.05) is 0 Å². The summed E-state index contributed by atoms with van der Waals surface area (Å²) in [5.41, 5.74) is 2.19. The first-order valence-corrected chi connectivity index (χ1v) is 8.71. The van der Waals surface area contributed by atoms with Gasteiger partial charge in [-0.05, 0) is 44.7 Å². The van der Waals surface area contributed by atoms with Crippen molar-refractivity contribution in [3.05, 3.63) is 29.8 Å². The minimum atomic E-state index is 0.584. The molecule has 0 radical (unpaired) electrons. The Hall–Kier alpha value is -1.71. The molecule has 2 aromatic heterocycles. The average molecular weight is 296 g/mol. The fourth-order valence-electron chi connectivity index (χ4n) is 4.19. The van der Waals surface area contributed by atoms with Crippen molar-refractivity contribution >= 4 is 0 Å².